The van der Waals surface area contributed by atoms with E-state index in [9.17, 15) is 5.11 Å². The third-order valence-corrected chi connectivity index (χ3v) is 8.74. The number of nitrogens with zero attached hydrogens (tertiary/aromatic N) is 3. The molecule has 5 aromatic rings. The maximum absolute atomic E-state index is 9.79. The quantitative estimate of drug-likeness (QED) is 0.174. The monoisotopic (exact) mass is 553 g/mol. The fraction of sp³-hybridized carbons (Fsp3) is 0.273. The standard InChI is InChI=1S/C33H35N3OS2/c1-32(2,3)22-10-16-25(17-11-22)38-30-27-20-28(21-8-14-24(37)15-9-21)36(7)29(27)34-31(35-30)39-26-18-12-23(13-19-26)33(4,5)6/h8-20,37H,1-7H3. The molecule has 0 spiro atoms. The highest BCUT2D eigenvalue weighted by molar-refractivity contribution is 8.00. The van der Waals surface area contributed by atoms with Gasteiger partial charge in [-0.3, -0.25) is 0 Å². The van der Waals surface area contributed by atoms with Crippen LogP contribution in [-0.4, -0.2) is 19.6 Å². The molecule has 0 atom stereocenters. The van der Waals surface area contributed by atoms with Gasteiger partial charge >= 0.3 is 0 Å². The van der Waals surface area contributed by atoms with Crippen LogP contribution in [0.15, 0.2) is 98.8 Å². The molecule has 2 aromatic heterocycles. The Morgan fingerprint density at radius 1 is 0.667 bits per heavy atom. The van der Waals surface area contributed by atoms with E-state index in [1.165, 1.54) is 11.1 Å². The highest BCUT2D eigenvalue weighted by Gasteiger charge is 2.19. The Bertz CT molecular complexity index is 1610. The van der Waals surface area contributed by atoms with Gasteiger partial charge in [0, 0.05) is 16.8 Å². The lowest BCUT2D eigenvalue weighted by molar-refractivity contribution is 0.475. The van der Waals surface area contributed by atoms with Crippen LogP contribution in [0.2, 0.25) is 0 Å². The first kappa shape index (κ1) is 27.4. The van der Waals surface area contributed by atoms with Gasteiger partial charge < -0.3 is 9.67 Å². The van der Waals surface area contributed by atoms with E-state index >= 15 is 0 Å². The molecule has 0 bridgehead atoms. The molecule has 0 fully saturated rings. The summed E-state index contributed by atoms with van der Waals surface area (Å²) >= 11 is 3.25. The van der Waals surface area contributed by atoms with Gasteiger partial charge in [0.2, 0.25) is 0 Å². The number of phenols is 1. The highest BCUT2D eigenvalue weighted by atomic mass is 32.2. The fourth-order valence-corrected chi connectivity index (χ4v) is 6.14. The molecule has 200 valence electrons. The first-order chi connectivity index (χ1) is 18.4. The van der Waals surface area contributed by atoms with Crippen LogP contribution in [0.5, 0.6) is 5.75 Å². The number of fused-ring (bicyclic) bond motifs is 1. The zero-order valence-electron chi connectivity index (χ0n) is 23.6. The Morgan fingerprint density at radius 2 is 1.18 bits per heavy atom. The van der Waals surface area contributed by atoms with Gasteiger partial charge in [0.25, 0.3) is 0 Å². The van der Waals surface area contributed by atoms with Gasteiger partial charge in [-0.05, 0) is 93.9 Å². The lowest BCUT2D eigenvalue weighted by atomic mass is 9.87. The van der Waals surface area contributed by atoms with Crippen molar-refractivity contribution in [2.24, 2.45) is 7.05 Å². The number of aromatic hydroxyl groups is 1. The molecule has 39 heavy (non-hydrogen) atoms. The number of aromatic nitrogens is 3. The summed E-state index contributed by atoms with van der Waals surface area (Å²) in [6.45, 7) is 13.4. The second kappa shape index (κ2) is 10.4. The Kier molecular flexibility index (Phi) is 7.29. The second-order valence-corrected chi connectivity index (χ2v) is 14.0. The summed E-state index contributed by atoms with van der Waals surface area (Å²) in [6.07, 6.45) is 0. The summed E-state index contributed by atoms with van der Waals surface area (Å²) in [5.74, 6) is 0.253. The van der Waals surface area contributed by atoms with Gasteiger partial charge in [0.15, 0.2) is 5.16 Å². The number of hydrogen-bond donors (Lipinski definition) is 1. The van der Waals surface area contributed by atoms with Crippen molar-refractivity contribution in [3.05, 3.63) is 90.0 Å². The van der Waals surface area contributed by atoms with Crippen molar-refractivity contribution in [3.63, 3.8) is 0 Å². The van der Waals surface area contributed by atoms with Gasteiger partial charge in [-0.15, -0.1) is 0 Å². The Hall–Kier alpha value is -3.22. The van der Waals surface area contributed by atoms with E-state index in [0.29, 0.717) is 0 Å². The van der Waals surface area contributed by atoms with E-state index in [0.717, 1.165) is 42.3 Å². The van der Waals surface area contributed by atoms with E-state index in [1.54, 1.807) is 35.7 Å². The molecule has 0 aliphatic heterocycles. The number of rotatable bonds is 5. The van der Waals surface area contributed by atoms with Crippen LogP contribution in [0.1, 0.15) is 52.7 Å². The normalized spacial score (nSPS) is 12.3. The molecule has 2 heterocycles. The molecule has 0 aliphatic carbocycles. The first-order valence-corrected chi connectivity index (χ1v) is 14.8. The van der Waals surface area contributed by atoms with Gasteiger partial charge in [0.05, 0.1) is 11.1 Å². The van der Waals surface area contributed by atoms with Crippen molar-refractivity contribution in [3.8, 4) is 17.0 Å². The molecule has 0 unspecified atom stereocenters. The molecular weight excluding hydrogens is 519 g/mol. The molecule has 0 saturated carbocycles. The zero-order valence-corrected chi connectivity index (χ0v) is 25.2. The third kappa shape index (κ3) is 6.02. The SMILES string of the molecule is Cn1c(-c2ccc(O)cc2)cc2c(Sc3ccc(C(C)(C)C)cc3)nc(Sc3ccc(C(C)(C)C)cc3)nc21. The number of hydrogen-bond acceptors (Lipinski definition) is 5. The minimum absolute atomic E-state index is 0.107. The predicted octanol–water partition coefficient (Wildman–Crippen LogP) is 9.24. The van der Waals surface area contributed by atoms with Crippen LogP contribution >= 0.6 is 23.5 Å². The summed E-state index contributed by atoms with van der Waals surface area (Å²) in [5, 5.41) is 12.5. The molecule has 0 amide bonds. The zero-order chi connectivity index (χ0) is 27.9. The molecule has 4 nitrogen and oxygen atoms in total. The van der Waals surface area contributed by atoms with Crippen LogP contribution in [0, 0.1) is 0 Å². The Labute approximate surface area is 239 Å². The Morgan fingerprint density at radius 3 is 1.69 bits per heavy atom. The number of aryl methyl sites for hydroxylation is 1. The average molecular weight is 554 g/mol. The summed E-state index contributed by atoms with van der Waals surface area (Å²) in [4.78, 5) is 12.3. The van der Waals surface area contributed by atoms with Crippen molar-refractivity contribution in [2.75, 3.05) is 0 Å². The van der Waals surface area contributed by atoms with Crippen molar-refractivity contribution >= 4 is 34.6 Å². The van der Waals surface area contributed by atoms with Crippen molar-refractivity contribution in [2.45, 2.75) is 72.3 Å². The summed E-state index contributed by atoms with van der Waals surface area (Å²) in [6, 6.07) is 26.9. The smallest absolute Gasteiger partial charge is 0.195 e. The van der Waals surface area contributed by atoms with Crippen LogP contribution in [0.25, 0.3) is 22.3 Å². The van der Waals surface area contributed by atoms with Gasteiger partial charge in [0.1, 0.15) is 16.4 Å². The van der Waals surface area contributed by atoms with Gasteiger partial charge in [-0.25, -0.2) is 9.97 Å². The van der Waals surface area contributed by atoms with E-state index in [-0.39, 0.29) is 16.6 Å². The van der Waals surface area contributed by atoms with Crippen molar-refractivity contribution in [1.82, 2.24) is 14.5 Å². The molecule has 3 aromatic carbocycles. The number of phenolic OH excluding ortho intramolecular Hbond substituents is 1. The topological polar surface area (TPSA) is 50.9 Å². The summed E-state index contributed by atoms with van der Waals surface area (Å²) in [5.41, 5.74) is 5.76. The first-order valence-electron chi connectivity index (χ1n) is 13.1. The maximum atomic E-state index is 9.79. The predicted molar refractivity (Wildman–Crippen MR) is 164 cm³/mol. The summed E-state index contributed by atoms with van der Waals surface area (Å²) in [7, 11) is 2.04. The van der Waals surface area contributed by atoms with E-state index < -0.39 is 0 Å². The van der Waals surface area contributed by atoms with E-state index in [1.807, 2.05) is 19.2 Å². The van der Waals surface area contributed by atoms with Gasteiger partial charge in [-0.2, -0.15) is 0 Å². The average Bonchev–Trinajstić information content (AvgIpc) is 3.21. The molecule has 0 aliphatic rings. The van der Waals surface area contributed by atoms with Gasteiger partial charge in [-0.1, -0.05) is 77.6 Å². The molecule has 0 radical (unpaired) electrons. The van der Waals surface area contributed by atoms with Crippen LogP contribution in [0.4, 0.5) is 0 Å². The minimum atomic E-state index is 0.107. The Balaban J connectivity index is 1.57. The second-order valence-electron chi connectivity index (χ2n) is 11.9. The van der Waals surface area contributed by atoms with Crippen LogP contribution in [0.3, 0.4) is 0 Å². The van der Waals surface area contributed by atoms with Crippen LogP contribution < -0.4 is 0 Å². The molecule has 1 N–H and O–H groups in total. The minimum Gasteiger partial charge on any atom is -0.508 e. The lowest BCUT2D eigenvalue weighted by Crippen LogP contribution is -2.10. The largest absolute Gasteiger partial charge is 0.508 e. The molecule has 5 rings (SSSR count). The maximum Gasteiger partial charge on any atom is 0.195 e. The molecule has 0 saturated heterocycles. The third-order valence-electron chi connectivity index (χ3n) is 6.86. The summed E-state index contributed by atoms with van der Waals surface area (Å²) < 4.78 is 2.11. The molecule has 6 heteroatoms. The number of benzene rings is 3. The van der Waals surface area contributed by atoms with Crippen LogP contribution in [-0.2, 0) is 17.9 Å². The fourth-order valence-electron chi connectivity index (χ4n) is 4.44. The lowest BCUT2D eigenvalue weighted by Gasteiger charge is -2.19. The van der Waals surface area contributed by atoms with E-state index in [2.05, 4.69) is 101 Å². The van der Waals surface area contributed by atoms with Crippen molar-refractivity contribution < 1.29 is 5.11 Å². The van der Waals surface area contributed by atoms with Crippen molar-refractivity contribution in [1.29, 1.82) is 0 Å². The van der Waals surface area contributed by atoms with E-state index in [4.69, 9.17) is 9.97 Å². The molecular formula is C33H35N3OS2. The highest BCUT2D eigenvalue weighted by Crippen LogP contribution is 2.39.